The van der Waals surface area contributed by atoms with Crippen LogP contribution in [0.3, 0.4) is 0 Å². The first-order valence-corrected chi connectivity index (χ1v) is 10.1. The van der Waals surface area contributed by atoms with E-state index < -0.39 is 4.92 Å². The number of benzene rings is 2. The van der Waals surface area contributed by atoms with Crippen LogP contribution in [0.5, 0.6) is 0 Å². The fraction of sp³-hybridized carbons (Fsp3) is 0.250. The van der Waals surface area contributed by atoms with Gasteiger partial charge in [0.15, 0.2) is 11.6 Å². The number of aliphatic imine (C=N–C) groups is 1. The molecule has 4 rings (SSSR count). The van der Waals surface area contributed by atoms with Crippen LogP contribution in [0, 0.1) is 10.1 Å². The van der Waals surface area contributed by atoms with Crippen LogP contribution in [0.4, 0.5) is 5.69 Å². The van der Waals surface area contributed by atoms with Crippen LogP contribution in [0.2, 0.25) is 5.02 Å². The fourth-order valence-corrected chi connectivity index (χ4v) is 3.93. The number of aromatic nitrogens is 3. The zero-order valence-corrected chi connectivity index (χ0v) is 17.1. The van der Waals surface area contributed by atoms with E-state index in [9.17, 15) is 10.1 Å². The molecule has 0 aliphatic carbocycles. The maximum atomic E-state index is 11.5. The van der Waals surface area contributed by atoms with E-state index in [2.05, 4.69) is 17.1 Å². The summed E-state index contributed by atoms with van der Waals surface area (Å²) in [5.74, 6) is 1.39. The Morgan fingerprint density at radius 3 is 2.66 bits per heavy atom. The van der Waals surface area contributed by atoms with Gasteiger partial charge >= 0.3 is 0 Å². The zero-order chi connectivity index (χ0) is 20.5. The van der Waals surface area contributed by atoms with Crippen molar-refractivity contribution < 1.29 is 4.92 Å². The summed E-state index contributed by atoms with van der Waals surface area (Å²) in [6, 6.07) is 11.7. The van der Waals surface area contributed by atoms with Crippen LogP contribution >= 0.6 is 23.2 Å². The molecule has 9 heteroatoms. The first kappa shape index (κ1) is 19.5. The van der Waals surface area contributed by atoms with Gasteiger partial charge in [0.1, 0.15) is 6.04 Å². The quantitative estimate of drug-likeness (QED) is 0.314. The van der Waals surface area contributed by atoms with Crippen molar-refractivity contribution in [3.05, 3.63) is 80.4 Å². The second kappa shape index (κ2) is 7.93. The van der Waals surface area contributed by atoms with Crippen molar-refractivity contribution >= 4 is 34.6 Å². The second-order valence-electron chi connectivity index (χ2n) is 6.66. The van der Waals surface area contributed by atoms with Crippen molar-refractivity contribution in [3.8, 4) is 5.69 Å². The van der Waals surface area contributed by atoms with Crippen LogP contribution in [-0.4, -0.2) is 25.4 Å². The molecule has 1 aromatic heterocycles. The van der Waals surface area contributed by atoms with Crippen molar-refractivity contribution in [3.63, 3.8) is 0 Å². The molecule has 7 nitrogen and oxygen atoms in total. The van der Waals surface area contributed by atoms with Gasteiger partial charge in [-0.1, -0.05) is 43.1 Å². The van der Waals surface area contributed by atoms with Crippen LogP contribution in [0.25, 0.3) is 5.69 Å². The molecule has 2 aromatic carbocycles. The maximum Gasteiger partial charge on any atom is 0.270 e. The summed E-state index contributed by atoms with van der Waals surface area (Å²) in [7, 11) is 0. The minimum Gasteiger partial charge on any atom is -0.279 e. The average molecular weight is 430 g/mol. The maximum absolute atomic E-state index is 11.5. The summed E-state index contributed by atoms with van der Waals surface area (Å²) < 4.78 is 1.86. The molecule has 29 heavy (non-hydrogen) atoms. The third kappa shape index (κ3) is 3.41. The fourth-order valence-electron chi connectivity index (χ4n) is 3.54. The molecule has 1 aliphatic heterocycles. The predicted molar refractivity (Wildman–Crippen MR) is 112 cm³/mol. The van der Waals surface area contributed by atoms with E-state index in [1.54, 1.807) is 12.1 Å². The highest BCUT2D eigenvalue weighted by Gasteiger charge is 2.30. The molecule has 0 radical (unpaired) electrons. The number of non-ortho nitro benzene ring substituents is 1. The van der Waals surface area contributed by atoms with Crippen molar-refractivity contribution in [1.29, 1.82) is 0 Å². The topological polar surface area (TPSA) is 86.2 Å². The van der Waals surface area contributed by atoms with Gasteiger partial charge in [0.2, 0.25) is 0 Å². The van der Waals surface area contributed by atoms with Crippen molar-refractivity contribution in [2.75, 3.05) is 0 Å². The first-order chi connectivity index (χ1) is 14.0. The van der Waals surface area contributed by atoms with Gasteiger partial charge in [-0.3, -0.25) is 19.7 Å². The largest absolute Gasteiger partial charge is 0.279 e. The van der Waals surface area contributed by atoms with Crippen LogP contribution in [0.15, 0.2) is 47.5 Å². The number of hydrogen-bond acceptors (Lipinski definition) is 5. The van der Waals surface area contributed by atoms with Crippen LogP contribution < -0.4 is 0 Å². The molecule has 0 saturated carbocycles. The number of fused-ring (bicyclic) bond motifs is 3. The Kier molecular flexibility index (Phi) is 5.34. The van der Waals surface area contributed by atoms with E-state index >= 15 is 0 Å². The van der Waals surface area contributed by atoms with E-state index in [1.807, 2.05) is 22.8 Å². The monoisotopic (exact) mass is 429 g/mol. The molecule has 148 valence electrons. The van der Waals surface area contributed by atoms with E-state index in [4.69, 9.17) is 28.2 Å². The molecule has 0 amide bonds. The zero-order valence-electron chi connectivity index (χ0n) is 15.5. The molecule has 1 atom stereocenters. The second-order valence-corrected chi connectivity index (χ2v) is 7.34. The molecule has 0 spiro atoms. The first-order valence-electron chi connectivity index (χ1n) is 9.17. The van der Waals surface area contributed by atoms with E-state index in [0.717, 1.165) is 12.8 Å². The number of hydrogen-bond donors (Lipinski definition) is 0. The van der Waals surface area contributed by atoms with Gasteiger partial charge in [-0.05, 0) is 18.6 Å². The molecular weight excluding hydrogens is 413 g/mol. The highest BCUT2D eigenvalue weighted by Crippen LogP contribution is 2.36. The number of nitro benzene ring substituents is 1. The number of alkyl halides is 1. The summed E-state index contributed by atoms with van der Waals surface area (Å²) in [6.45, 7) is 2.07. The summed E-state index contributed by atoms with van der Waals surface area (Å²) in [5.41, 5.74) is 2.57. The van der Waals surface area contributed by atoms with Crippen molar-refractivity contribution in [2.24, 2.45) is 4.99 Å². The molecule has 1 unspecified atom stereocenters. The van der Waals surface area contributed by atoms with Gasteiger partial charge in [0.25, 0.3) is 5.69 Å². The Balaban J connectivity index is 2.07. The van der Waals surface area contributed by atoms with Crippen LogP contribution in [-0.2, 0) is 5.88 Å². The van der Waals surface area contributed by atoms with E-state index in [1.165, 1.54) is 12.1 Å². The summed E-state index contributed by atoms with van der Waals surface area (Å²) in [6.07, 6.45) is 1.62. The third-order valence-corrected chi connectivity index (χ3v) is 5.40. The molecule has 0 fully saturated rings. The molecular formula is C20H17Cl2N5O2. The van der Waals surface area contributed by atoms with Gasteiger partial charge in [0.05, 0.1) is 22.2 Å². The lowest BCUT2D eigenvalue weighted by molar-refractivity contribution is -0.384. The summed E-state index contributed by atoms with van der Waals surface area (Å²) >= 11 is 12.6. The number of halogens is 2. The predicted octanol–water partition coefficient (Wildman–Crippen LogP) is 5.26. The molecule has 0 saturated heterocycles. The van der Waals surface area contributed by atoms with Gasteiger partial charge in [-0.2, -0.15) is 0 Å². The Hall–Kier alpha value is -2.77. The van der Waals surface area contributed by atoms with Gasteiger partial charge < -0.3 is 0 Å². The van der Waals surface area contributed by atoms with Gasteiger partial charge in [-0.15, -0.1) is 21.8 Å². The van der Waals surface area contributed by atoms with E-state index in [-0.39, 0.29) is 17.6 Å². The Morgan fingerprint density at radius 1 is 1.17 bits per heavy atom. The molecule has 1 aliphatic rings. The summed E-state index contributed by atoms with van der Waals surface area (Å²) in [4.78, 5) is 16.0. The highest BCUT2D eigenvalue weighted by molar-refractivity contribution is 6.35. The van der Waals surface area contributed by atoms with Gasteiger partial charge in [-0.25, -0.2) is 0 Å². The van der Waals surface area contributed by atoms with Crippen LogP contribution in [0.1, 0.15) is 48.6 Å². The lowest BCUT2D eigenvalue weighted by Crippen LogP contribution is -2.10. The molecule has 0 bridgehead atoms. The number of nitro groups is 1. The minimum absolute atomic E-state index is 0.0282. The minimum atomic E-state index is -0.422. The van der Waals surface area contributed by atoms with Gasteiger partial charge in [0, 0.05) is 28.3 Å². The summed E-state index contributed by atoms with van der Waals surface area (Å²) in [5, 5.41) is 20.5. The molecule has 3 aromatic rings. The number of rotatable bonds is 5. The normalized spacial score (nSPS) is 15.3. The van der Waals surface area contributed by atoms with Crippen molar-refractivity contribution in [2.45, 2.75) is 31.7 Å². The standard InChI is InChI=1S/C20H17Cl2N5O2/c1-2-5-16-20-25-24-18(11-21)26(20)17-9-8-12(27(28)29)10-14(17)19(23-16)13-6-3-4-7-15(13)22/h3-4,6-10,16H,2,5,11H2,1H3. The number of nitrogens with zero attached hydrogens (tertiary/aromatic N) is 5. The van der Waals surface area contributed by atoms with Crippen molar-refractivity contribution in [1.82, 2.24) is 14.8 Å². The lowest BCUT2D eigenvalue weighted by atomic mass is 9.99. The Labute approximate surface area is 177 Å². The van der Waals surface area contributed by atoms with E-state index in [0.29, 0.717) is 39.2 Å². The average Bonchev–Trinajstić information content (AvgIpc) is 3.10. The SMILES string of the molecule is CCCC1N=C(c2ccccc2Cl)c2cc([N+](=O)[O-])ccc2-n2c(CCl)nnc21. The third-order valence-electron chi connectivity index (χ3n) is 4.84. The highest BCUT2D eigenvalue weighted by atomic mass is 35.5. The molecule has 2 heterocycles. The molecule has 0 N–H and O–H groups in total. The Morgan fingerprint density at radius 2 is 1.97 bits per heavy atom. The lowest BCUT2D eigenvalue weighted by Gasteiger charge is -2.13. The Bertz CT molecular complexity index is 1130. The smallest absolute Gasteiger partial charge is 0.270 e.